The fourth-order valence-electron chi connectivity index (χ4n) is 4.52. The minimum absolute atomic E-state index is 0.0787. The van der Waals surface area contributed by atoms with Crippen LogP contribution in [0.15, 0.2) is 72.8 Å². The monoisotopic (exact) mass is 600 g/mol. The summed E-state index contributed by atoms with van der Waals surface area (Å²) < 4.78 is 11.4. The van der Waals surface area contributed by atoms with Crippen molar-refractivity contribution in [3.8, 4) is 11.5 Å². The third-order valence-electron chi connectivity index (χ3n) is 6.55. The zero-order valence-corrected chi connectivity index (χ0v) is 25.1. The lowest BCUT2D eigenvalue weighted by Crippen LogP contribution is -2.55. The first-order valence-corrected chi connectivity index (χ1v) is 14.2. The van der Waals surface area contributed by atoms with Gasteiger partial charge >= 0.3 is 6.09 Å². The first kappa shape index (κ1) is 31.7. The number of fused-ring (bicyclic) bond motifs is 2. The Morgan fingerprint density at radius 1 is 0.955 bits per heavy atom. The van der Waals surface area contributed by atoms with Crippen LogP contribution in [0.1, 0.15) is 49.2 Å². The lowest BCUT2D eigenvalue weighted by molar-refractivity contribution is -0.129. The maximum Gasteiger partial charge on any atom is 0.408 e. The molecule has 0 fully saturated rings. The van der Waals surface area contributed by atoms with Gasteiger partial charge in [0.05, 0.1) is 12.2 Å². The van der Waals surface area contributed by atoms with E-state index in [1.54, 1.807) is 57.2 Å². The Kier molecular flexibility index (Phi) is 9.99. The average molecular weight is 601 g/mol. The van der Waals surface area contributed by atoms with Gasteiger partial charge in [0, 0.05) is 25.3 Å². The summed E-state index contributed by atoms with van der Waals surface area (Å²) in [4.78, 5) is 64.8. The van der Waals surface area contributed by atoms with Crippen LogP contribution in [0, 0.1) is 0 Å². The van der Waals surface area contributed by atoms with Crippen LogP contribution >= 0.6 is 0 Å². The highest BCUT2D eigenvalue weighted by atomic mass is 16.6. The molecule has 4 N–H and O–H groups in total. The van der Waals surface area contributed by atoms with Crippen LogP contribution in [0.25, 0.3) is 0 Å². The minimum atomic E-state index is -1.10. The molecule has 4 amide bonds. The fraction of sp³-hybridized carbons (Fsp3) is 0.303. The first-order chi connectivity index (χ1) is 20.9. The molecular weight excluding hydrogens is 564 g/mol. The Hall–Kier alpha value is -5.19. The molecule has 3 aliphatic rings. The molecule has 0 saturated heterocycles. The lowest BCUT2D eigenvalue weighted by Gasteiger charge is -2.25. The molecule has 3 aromatic carbocycles. The van der Waals surface area contributed by atoms with E-state index in [0.717, 1.165) is 5.56 Å². The van der Waals surface area contributed by atoms with Crippen molar-refractivity contribution >= 4 is 35.3 Å². The Morgan fingerprint density at radius 2 is 1.66 bits per heavy atom. The number of ether oxygens (including phenoxy) is 2. The second-order valence-electron chi connectivity index (χ2n) is 11.4. The highest BCUT2D eigenvalue weighted by Gasteiger charge is 2.29. The van der Waals surface area contributed by atoms with E-state index in [1.807, 2.05) is 30.3 Å². The molecule has 11 nitrogen and oxygen atoms in total. The second kappa shape index (κ2) is 13.9. The molecule has 2 atom stereocenters. The van der Waals surface area contributed by atoms with E-state index in [0.29, 0.717) is 17.1 Å². The number of hydrogen-bond acceptors (Lipinski definition) is 7. The largest absolute Gasteiger partial charge is 0.455 e. The lowest BCUT2D eigenvalue weighted by atomic mass is 10.0. The van der Waals surface area contributed by atoms with E-state index in [4.69, 9.17) is 9.47 Å². The van der Waals surface area contributed by atoms with E-state index in [2.05, 4.69) is 21.3 Å². The number of anilines is 1. The number of hydrogen-bond donors (Lipinski definition) is 4. The highest BCUT2D eigenvalue weighted by Crippen LogP contribution is 2.31. The van der Waals surface area contributed by atoms with Crippen LogP contribution in [0.2, 0.25) is 0 Å². The molecule has 0 saturated carbocycles. The standard InChI is InChI=1S/C33H36N4O7/c1-20(38)35-25-18-23-12-15-29(25)43-24-13-10-22(11-14-24)17-27(37-32(42)44-33(2,3)4)31(41)36-26(30(40)34-19-28(23)39)16-21-8-6-5-7-9-21/h5-15,18,26-27H,16-17,19H2,1-4H3,(H,34,40)(H,35,38)(H,36,41)(H,37,42)/t26-,27-/m0/s1. The van der Waals surface area contributed by atoms with Gasteiger partial charge in [-0.05, 0) is 62.2 Å². The first-order valence-electron chi connectivity index (χ1n) is 14.2. The van der Waals surface area contributed by atoms with Crippen molar-refractivity contribution < 1.29 is 33.4 Å². The maximum absolute atomic E-state index is 13.6. The SMILES string of the molecule is CC(=O)Nc1cc2ccc1Oc1ccc(cc1)C[C@H](NC(=O)OC(C)(C)C)C(=O)N[C@@H](Cc1ccccc1)C(=O)NCC2=O. The van der Waals surface area contributed by atoms with Gasteiger partial charge in [0.2, 0.25) is 17.7 Å². The second-order valence-corrected chi connectivity index (χ2v) is 11.4. The molecule has 3 heterocycles. The van der Waals surface area contributed by atoms with Gasteiger partial charge in [-0.2, -0.15) is 0 Å². The number of alkyl carbamates (subject to hydrolysis) is 1. The highest BCUT2D eigenvalue weighted by molar-refractivity contribution is 6.02. The molecular formula is C33H36N4O7. The Labute approximate surface area is 255 Å². The maximum atomic E-state index is 13.6. The predicted octanol–water partition coefficient (Wildman–Crippen LogP) is 3.91. The van der Waals surface area contributed by atoms with Gasteiger partial charge in [-0.1, -0.05) is 42.5 Å². The quantitative estimate of drug-likeness (QED) is 0.354. The van der Waals surface area contributed by atoms with E-state index >= 15 is 0 Å². The molecule has 44 heavy (non-hydrogen) atoms. The van der Waals surface area contributed by atoms with Crippen molar-refractivity contribution in [2.24, 2.45) is 0 Å². The van der Waals surface area contributed by atoms with Crippen LogP contribution in [-0.4, -0.2) is 53.8 Å². The summed E-state index contributed by atoms with van der Waals surface area (Å²) in [6.45, 7) is 6.11. The van der Waals surface area contributed by atoms with Gasteiger partial charge in [-0.25, -0.2) is 4.79 Å². The van der Waals surface area contributed by atoms with Crippen LogP contribution in [0.4, 0.5) is 10.5 Å². The molecule has 3 aliphatic heterocycles. The summed E-state index contributed by atoms with van der Waals surface area (Å²) in [5, 5.41) is 10.7. The number of ketones is 1. The zero-order chi connectivity index (χ0) is 31.9. The number of nitrogens with one attached hydrogen (secondary N) is 4. The number of benzene rings is 3. The van der Waals surface area contributed by atoms with Crippen molar-refractivity contribution in [3.05, 3.63) is 89.5 Å². The molecule has 0 radical (unpaired) electrons. The van der Waals surface area contributed by atoms with E-state index < -0.39 is 41.4 Å². The summed E-state index contributed by atoms with van der Waals surface area (Å²) >= 11 is 0. The number of carbonyl (C=O) groups excluding carboxylic acids is 5. The van der Waals surface area contributed by atoms with Crippen molar-refractivity contribution in [1.82, 2.24) is 16.0 Å². The summed E-state index contributed by atoms with van der Waals surface area (Å²) in [5.41, 5.74) is 1.20. The van der Waals surface area contributed by atoms with E-state index in [-0.39, 0.29) is 36.5 Å². The van der Waals surface area contributed by atoms with Crippen molar-refractivity contribution in [1.29, 1.82) is 0 Å². The van der Waals surface area contributed by atoms with Crippen LogP contribution in [0.5, 0.6) is 11.5 Å². The van der Waals surface area contributed by atoms with Gasteiger partial charge in [-0.15, -0.1) is 0 Å². The number of amides is 4. The third kappa shape index (κ3) is 9.15. The molecule has 6 rings (SSSR count). The van der Waals surface area contributed by atoms with Crippen LogP contribution in [-0.2, 0) is 32.0 Å². The Bertz CT molecular complexity index is 1530. The van der Waals surface area contributed by atoms with E-state index in [1.165, 1.54) is 13.0 Å². The van der Waals surface area contributed by atoms with Crippen molar-refractivity contribution in [2.45, 2.75) is 58.2 Å². The Balaban J connectivity index is 1.71. The normalized spacial score (nSPS) is 17.4. The third-order valence-corrected chi connectivity index (χ3v) is 6.55. The zero-order valence-electron chi connectivity index (χ0n) is 25.1. The number of rotatable bonds is 4. The van der Waals surface area contributed by atoms with Gasteiger partial charge < -0.3 is 30.7 Å². The van der Waals surface area contributed by atoms with Gasteiger partial charge in [0.15, 0.2) is 11.5 Å². The molecule has 0 aliphatic carbocycles. The fourth-order valence-corrected chi connectivity index (χ4v) is 4.52. The summed E-state index contributed by atoms with van der Waals surface area (Å²) in [6.07, 6.45) is -0.572. The average Bonchev–Trinajstić information content (AvgIpc) is 2.95. The van der Waals surface area contributed by atoms with Crippen LogP contribution < -0.4 is 26.0 Å². The molecule has 4 bridgehead atoms. The van der Waals surface area contributed by atoms with Gasteiger partial charge in [-0.3, -0.25) is 19.2 Å². The van der Waals surface area contributed by atoms with Crippen LogP contribution in [0.3, 0.4) is 0 Å². The molecule has 0 spiro atoms. The van der Waals surface area contributed by atoms with E-state index in [9.17, 15) is 24.0 Å². The molecule has 0 unspecified atom stereocenters. The van der Waals surface area contributed by atoms with Crippen molar-refractivity contribution in [3.63, 3.8) is 0 Å². The Morgan fingerprint density at radius 3 is 2.32 bits per heavy atom. The predicted molar refractivity (Wildman–Crippen MR) is 164 cm³/mol. The summed E-state index contributed by atoms with van der Waals surface area (Å²) in [7, 11) is 0. The summed E-state index contributed by atoms with van der Waals surface area (Å²) in [5.74, 6) is -1.21. The molecule has 3 aromatic rings. The topological polar surface area (TPSA) is 152 Å². The van der Waals surface area contributed by atoms with Gasteiger partial charge in [0.1, 0.15) is 23.4 Å². The number of Topliss-reactive ketones (excluding diaryl/α,β-unsaturated/α-hetero) is 1. The van der Waals surface area contributed by atoms with Crippen molar-refractivity contribution in [2.75, 3.05) is 11.9 Å². The molecule has 0 aromatic heterocycles. The molecule has 230 valence electrons. The smallest absolute Gasteiger partial charge is 0.408 e. The molecule has 11 heteroatoms. The minimum Gasteiger partial charge on any atom is -0.455 e. The summed E-state index contributed by atoms with van der Waals surface area (Å²) in [6, 6.07) is 18.4. The number of carbonyl (C=O) groups is 5. The van der Waals surface area contributed by atoms with Gasteiger partial charge in [0.25, 0.3) is 0 Å².